The van der Waals surface area contributed by atoms with E-state index in [-0.39, 0.29) is 6.07 Å². The Morgan fingerprint density at radius 1 is 0.846 bits per heavy atom. The van der Waals surface area contributed by atoms with E-state index in [1.54, 1.807) is 0 Å². The summed E-state index contributed by atoms with van der Waals surface area (Å²) in [4.78, 5) is 11.8. The molecule has 0 fully saturated rings. The Hall–Kier alpha value is -2.65. The van der Waals surface area contributed by atoms with Gasteiger partial charge in [-0.3, -0.25) is 4.79 Å². The van der Waals surface area contributed by atoms with E-state index in [1.807, 2.05) is 5.32 Å². The number of nitrogens with one attached hydrogen (secondary N) is 1. The number of hydrogen-bond donors (Lipinski definition) is 1. The molecule has 0 bridgehead atoms. The number of hydrogen-bond acceptors (Lipinski definition) is 1. The predicted octanol–water partition coefficient (Wildman–Crippen LogP) is 4.93. The van der Waals surface area contributed by atoms with Gasteiger partial charge in [-0.1, -0.05) is 0 Å². The van der Waals surface area contributed by atoms with E-state index in [1.165, 1.54) is 0 Å². The fourth-order valence-electron chi connectivity index (χ4n) is 2.07. The molecule has 0 aliphatic heterocycles. The van der Waals surface area contributed by atoms with Crippen molar-refractivity contribution in [2.45, 2.75) is 18.9 Å². The maximum Gasteiger partial charge on any atom is 0.416 e. The Morgan fingerprint density at radius 2 is 1.38 bits per heavy atom. The minimum atomic E-state index is -5.02. The zero-order chi connectivity index (χ0) is 19.7. The molecule has 0 atom stereocenters. The van der Waals surface area contributed by atoms with Crippen molar-refractivity contribution >= 4 is 5.91 Å². The van der Waals surface area contributed by atoms with Gasteiger partial charge in [-0.25, -0.2) is 8.78 Å². The van der Waals surface area contributed by atoms with Crippen LogP contribution in [0.5, 0.6) is 0 Å². The normalized spacial score (nSPS) is 12.2. The van der Waals surface area contributed by atoms with Crippen LogP contribution in [-0.4, -0.2) is 5.91 Å². The lowest BCUT2D eigenvalue weighted by molar-refractivity contribution is -0.143. The molecule has 1 N–H and O–H groups in total. The van der Waals surface area contributed by atoms with Crippen LogP contribution in [0, 0.1) is 11.6 Å². The number of alkyl halides is 6. The van der Waals surface area contributed by atoms with Gasteiger partial charge >= 0.3 is 12.4 Å². The topological polar surface area (TPSA) is 29.1 Å². The van der Waals surface area contributed by atoms with Gasteiger partial charge in [-0.05, 0) is 35.9 Å². The molecule has 2 aromatic carbocycles. The predicted molar refractivity (Wildman–Crippen MR) is 74.0 cm³/mol. The van der Waals surface area contributed by atoms with Crippen LogP contribution in [0.15, 0.2) is 36.4 Å². The molecule has 1 amide bonds. The van der Waals surface area contributed by atoms with E-state index in [9.17, 15) is 39.9 Å². The number of halogens is 8. The van der Waals surface area contributed by atoms with Crippen molar-refractivity contribution in [3.63, 3.8) is 0 Å². The first-order valence-corrected chi connectivity index (χ1v) is 6.89. The lowest BCUT2D eigenvalue weighted by atomic mass is 10.0. The molecule has 0 spiro atoms. The summed E-state index contributed by atoms with van der Waals surface area (Å²) in [6.45, 7) is -0.720. The van der Waals surface area contributed by atoms with Crippen LogP contribution >= 0.6 is 0 Å². The van der Waals surface area contributed by atoms with E-state index in [0.717, 1.165) is 12.1 Å². The molecule has 0 aliphatic carbocycles. The molecule has 10 heteroatoms. The average Bonchev–Trinajstić information content (AvgIpc) is 2.50. The summed E-state index contributed by atoms with van der Waals surface area (Å²) in [5, 5.41) is 2.00. The van der Waals surface area contributed by atoms with Crippen LogP contribution in [0.3, 0.4) is 0 Å². The standard InChI is InChI=1S/C16H9F8NO/c17-11-1-2-12(13(18)6-11)14(26)25-7-8-3-9(15(19,20)21)5-10(4-8)16(22,23)24/h1-6H,7H2,(H,25,26). The molecular weight excluding hydrogens is 374 g/mol. The van der Waals surface area contributed by atoms with Gasteiger partial charge in [0.05, 0.1) is 16.7 Å². The largest absolute Gasteiger partial charge is 0.416 e. The van der Waals surface area contributed by atoms with E-state index < -0.39 is 58.7 Å². The first kappa shape index (κ1) is 19.7. The summed E-state index contributed by atoms with van der Waals surface area (Å²) in [5.74, 6) is -3.29. The smallest absolute Gasteiger partial charge is 0.348 e. The second-order valence-electron chi connectivity index (χ2n) is 5.22. The SMILES string of the molecule is O=C(NCc1cc(C(F)(F)F)cc(C(F)(F)F)c1)c1ccc(F)cc1F. The second kappa shape index (κ2) is 6.93. The Bertz CT molecular complexity index is 794. The summed E-state index contributed by atoms with van der Waals surface area (Å²) in [6.07, 6.45) is -10.0. The summed E-state index contributed by atoms with van der Waals surface area (Å²) in [5.41, 5.74) is -4.16. The number of carbonyl (C=O) groups excluding carboxylic acids is 1. The summed E-state index contributed by atoms with van der Waals surface area (Å²) in [7, 11) is 0. The minimum Gasteiger partial charge on any atom is -0.348 e. The highest BCUT2D eigenvalue weighted by atomic mass is 19.4. The van der Waals surface area contributed by atoms with Gasteiger partial charge in [0.2, 0.25) is 0 Å². The first-order chi connectivity index (χ1) is 11.9. The first-order valence-electron chi connectivity index (χ1n) is 6.89. The number of rotatable bonds is 3. The minimum absolute atomic E-state index is 0.0506. The van der Waals surface area contributed by atoms with Crippen molar-refractivity contribution in [2.75, 3.05) is 0 Å². The molecule has 2 rings (SSSR count). The van der Waals surface area contributed by atoms with Crippen molar-refractivity contribution in [3.05, 3.63) is 70.3 Å². The van der Waals surface area contributed by atoms with E-state index in [2.05, 4.69) is 0 Å². The molecule has 0 saturated carbocycles. The Balaban J connectivity index is 2.27. The second-order valence-corrected chi connectivity index (χ2v) is 5.22. The zero-order valence-corrected chi connectivity index (χ0v) is 12.6. The number of carbonyl (C=O) groups is 1. The molecule has 0 aromatic heterocycles. The Morgan fingerprint density at radius 3 is 1.85 bits per heavy atom. The van der Waals surface area contributed by atoms with Crippen molar-refractivity contribution in [1.29, 1.82) is 0 Å². The van der Waals surface area contributed by atoms with Gasteiger partial charge in [0.15, 0.2) is 0 Å². The van der Waals surface area contributed by atoms with Crippen molar-refractivity contribution in [1.82, 2.24) is 5.32 Å². The average molecular weight is 383 g/mol. The third-order valence-electron chi connectivity index (χ3n) is 3.28. The number of amides is 1. The molecule has 0 heterocycles. The quantitative estimate of drug-likeness (QED) is 0.748. The number of benzene rings is 2. The van der Waals surface area contributed by atoms with Gasteiger partial charge in [-0.2, -0.15) is 26.3 Å². The lowest BCUT2D eigenvalue weighted by Gasteiger charge is -2.14. The molecular formula is C16H9F8NO. The van der Waals surface area contributed by atoms with Crippen LogP contribution in [-0.2, 0) is 18.9 Å². The maximum atomic E-state index is 13.5. The molecule has 0 saturated heterocycles. The van der Waals surface area contributed by atoms with Crippen LogP contribution < -0.4 is 5.32 Å². The molecule has 140 valence electrons. The van der Waals surface area contributed by atoms with Gasteiger partial charge in [-0.15, -0.1) is 0 Å². The molecule has 0 unspecified atom stereocenters. The maximum absolute atomic E-state index is 13.5. The van der Waals surface area contributed by atoms with Gasteiger partial charge in [0.1, 0.15) is 11.6 Å². The van der Waals surface area contributed by atoms with Crippen LogP contribution in [0.25, 0.3) is 0 Å². The van der Waals surface area contributed by atoms with Crippen molar-refractivity contribution in [2.24, 2.45) is 0 Å². The lowest BCUT2D eigenvalue weighted by Crippen LogP contribution is -2.24. The summed E-state index contributed by atoms with van der Waals surface area (Å²) >= 11 is 0. The molecule has 2 aromatic rings. The van der Waals surface area contributed by atoms with Gasteiger partial charge in [0, 0.05) is 12.6 Å². The highest BCUT2D eigenvalue weighted by Gasteiger charge is 2.36. The van der Waals surface area contributed by atoms with Crippen LogP contribution in [0.2, 0.25) is 0 Å². The highest BCUT2D eigenvalue weighted by molar-refractivity contribution is 5.94. The van der Waals surface area contributed by atoms with Crippen LogP contribution in [0.4, 0.5) is 35.1 Å². The van der Waals surface area contributed by atoms with Gasteiger partial charge < -0.3 is 5.32 Å². The fourth-order valence-corrected chi connectivity index (χ4v) is 2.07. The van der Waals surface area contributed by atoms with Crippen LogP contribution in [0.1, 0.15) is 27.0 Å². The van der Waals surface area contributed by atoms with E-state index >= 15 is 0 Å². The van der Waals surface area contributed by atoms with Crippen molar-refractivity contribution in [3.8, 4) is 0 Å². The summed E-state index contributed by atoms with van der Waals surface area (Å²) in [6, 6.07) is 2.83. The molecule has 26 heavy (non-hydrogen) atoms. The summed E-state index contributed by atoms with van der Waals surface area (Å²) < 4.78 is 103. The Labute approximate surface area is 141 Å². The fraction of sp³-hybridized carbons (Fsp3) is 0.188. The third-order valence-corrected chi connectivity index (χ3v) is 3.28. The van der Waals surface area contributed by atoms with Crippen molar-refractivity contribution < 1.29 is 39.9 Å². The Kier molecular flexibility index (Phi) is 5.24. The van der Waals surface area contributed by atoms with E-state index in [0.29, 0.717) is 18.2 Å². The molecule has 2 nitrogen and oxygen atoms in total. The highest BCUT2D eigenvalue weighted by Crippen LogP contribution is 2.36. The zero-order valence-electron chi connectivity index (χ0n) is 12.6. The molecule has 0 aliphatic rings. The van der Waals surface area contributed by atoms with E-state index in [4.69, 9.17) is 0 Å². The monoisotopic (exact) mass is 383 g/mol. The third kappa shape index (κ3) is 4.70. The molecule has 0 radical (unpaired) electrons. The van der Waals surface area contributed by atoms with Gasteiger partial charge in [0.25, 0.3) is 5.91 Å².